The van der Waals surface area contributed by atoms with Crippen LogP contribution in [-0.4, -0.2) is 15.8 Å². The summed E-state index contributed by atoms with van der Waals surface area (Å²) in [4.78, 5) is 23.3. The van der Waals surface area contributed by atoms with Crippen LogP contribution in [-0.2, 0) is 0 Å². The van der Waals surface area contributed by atoms with Crippen molar-refractivity contribution in [3.05, 3.63) is 67.7 Å². The Morgan fingerprint density at radius 3 is 2.00 bits per heavy atom. The number of carbonyl (C=O) groups excluding carboxylic acids is 1. The number of phenolic OH excluding ortho intramolecular Hbond substituents is 1. The molecule has 0 saturated carbocycles. The predicted octanol–water partition coefficient (Wildman–Crippen LogP) is 5.43. The number of phenols is 1. The fraction of sp³-hybridized carbons (Fsp3) is 0.316. The molecule has 2 aromatic carbocycles. The lowest BCUT2D eigenvalue weighted by atomic mass is 9.89. The highest BCUT2D eigenvalue weighted by Crippen LogP contribution is 2.35. The lowest BCUT2D eigenvalue weighted by Gasteiger charge is -2.17. The van der Waals surface area contributed by atoms with Crippen LogP contribution in [0.15, 0.2) is 30.3 Å². The Labute approximate surface area is 151 Å². The van der Waals surface area contributed by atoms with E-state index in [1.165, 1.54) is 18.2 Å². The molecule has 2 aromatic rings. The number of hydrogen-bond donors (Lipinski definition) is 1. The van der Waals surface area contributed by atoms with Crippen molar-refractivity contribution in [1.29, 1.82) is 0 Å². The quantitative estimate of drug-likeness (QED) is 0.437. The number of nitrogens with zero attached hydrogens (tertiary/aromatic N) is 1. The second-order valence-electron chi connectivity index (χ2n) is 6.57. The number of halogens is 1. The van der Waals surface area contributed by atoms with Crippen molar-refractivity contribution in [1.82, 2.24) is 0 Å². The van der Waals surface area contributed by atoms with Crippen LogP contribution >= 0.6 is 11.6 Å². The number of ketones is 1. The summed E-state index contributed by atoms with van der Waals surface area (Å²) in [6.07, 6.45) is 0. The first kappa shape index (κ1) is 18.9. The summed E-state index contributed by atoms with van der Waals surface area (Å²) in [6, 6.07) is 7.29. The third kappa shape index (κ3) is 3.82. The van der Waals surface area contributed by atoms with Gasteiger partial charge in [-0.2, -0.15) is 0 Å². The van der Waals surface area contributed by atoms with Crippen molar-refractivity contribution in [2.45, 2.75) is 39.5 Å². The van der Waals surface area contributed by atoms with Gasteiger partial charge in [0.05, 0.1) is 4.92 Å². The number of carbonyl (C=O) groups is 1. The minimum absolute atomic E-state index is 0.0157. The SMILES string of the molecule is CC(C)c1cc(C(=O)c2ccc(Cl)c([N+](=O)[O-])c2)cc(C(C)C)c1O. The van der Waals surface area contributed by atoms with Crippen LogP contribution < -0.4 is 0 Å². The highest BCUT2D eigenvalue weighted by Gasteiger charge is 2.21. The molecule has 0 spiro atoms. The van der Waals surface area contributed by atoms with Gasteiger partial charge in [-0.3, -0.25) is 14.9 Å². The maximum Gasteiger partial charge on any atom is 0.288 e. The lowest BCUT2D eigenvalue weighted by molar-refractivity contribution is -0.384. The molecule has 25 heavy (non-hydrogen) atoms. The van der Waals surface area contributed by atoms with E-state index in [2.05, 4.69) is 0 Å². The van der Waals surface area contributed by atoms with E-state index in [0.29, 0.717) is 16.7 Å². The number of rotatable bonds is 5. The molecular formula is C19H20ClNO4. The average Bonchev–Trinajstić information content (AvgIpc) is 2.54. The number of benzene rings is 2. The van der Waals surface area contributed by atoms with Gasteiger partial charge in [0.2, 0.25) is 0 Å². The number of hydrogen-bond acceptors (Lipinski definition) is 4. The smallest absolute Gasteiger partial charge is 0.288 e. The van der Waals surface area contributed by atoms with Gasteiger partial charge in [-0.15, -0.1) is 0 Å². The topological polar surface area (TPSA) is 80.4 Å². The Morgan fingerprint density at radius 2 is 1.56 bits per heavy atom. The van der Waals surface area contributed by atoms with Gasteiger partial charge in [0, 0.05) is 17.2 Å². The highest BCUT2D eigenvalue weighted by atomic mass is 35.5. The molecule has 132 valence electrons. The summed E-state index contributed by atoms with van der Waals surface area (Å²) in [6.45, 7) is 7.72. The van der Waals surface area contributed by atoms with E-state index in [-0.39, 0.29) is 39.6 Å². The lowest BCUT2D eigenvalue weighted by Crippen LogP contribution is -2.06. The van der Waals surface area contributed by atoms with Crippen molar-refractivity contribution in [3.8, 4) is 5.75 Å². The van der Waals surface area contributed by atoms with Crippen LogP contribution in [0.2, 0.25) is 5.02 Å². The largest absolute Gasteiger partial charge is 0.507 e. The van der Waals surface area contributed by atoms with Gasteiger partial charge >= 0.3 is 0 Å². The van der Waals surface area contributed by atoms with E-state index in [9.17, 15) is 20.0 Å². The van der Waals surface area contributed by atoms with Gasteiger partial charge in [0.15, 0.2) is 5.78 Å². The molecule has 0 aromatic heterocycles. The van der Waals surface area contributed by atoms with Crippen molar-refractivity contribution >= 4 is 23.1 Å². The first-order chi connectivity index (χ1) is 11.6. The average molecular weight is 362 g/mol. The fourth-order valence-electron chi connectivity index (χ4n) is 2.65. The van der Waals surface area contributed by atoms with Crippen LogP contribution in [0.25, 0.3) is 0 Å². The maximum absolute atomic E-state index is 12.8. The van der Waals surface area contributed by atoms with Crippen LogP contribution in [0, 0.1) is 10.1 Å². The van der Waals surface area contributed by atoms with Gasteiger partial charge in [-0.05, 0) is 47.2 Å². The fourth-order valence-corrected chi connectivity index (χ4v) is 2.84. The van der Waals surface area contributed by atoms with Gasteiger partial charge in [-0.25, -0.2) is 0 Å². The molecule has 0 unspecified atom stereocenters. The molecule has 0 amide bonds. The van der Waals surface area contributed by atoms with Crippen molar-refractivity contribution in [3.63, 3.8) is 0 Å². The summed E-state index contributed by atoms with van der Waals surface area (Å²) < 4.78 is 0. The van der Waals surface area contributed by atoms with E-state index in [4.69, 9.17) is 11.6 Å². The normalized spacial score (nSPS) is 11.2. The third-order valence-corrected chi connectivity index (χ3v) is 4.40. The second-order valence-corrected chi connectivity index (χ2v) is 6.97. The predicted molar refractivity (Wildman–Crippen MR) is 97.8 cm³/mol. The molecule has 6 heteroatoms. The van der Waals surface area contributed by atoms with Crippen molar-refractivity contribution in [2.24, 2.45) is 0 Å². The first-order valence-corrected chi connectivity index (χ1v) is 8.36. The number of nitro groups is 1. The molecule has 0 heterocycles. The van der Waals surface area contributed by atoms with Gasteiger partial charge < -0.3 is 5.11 Å². The molecular weight excluding hydrogens is 342 g/mol. The molecule has 0 bridgehead atoms. The van der Waals surface area contributed by atoms with Gasteiger partial charge in [0.1, 0.15) is 10.8 Å². The third-order valence-electron chi connectivity index (χ3n) is 4.08. The monoisotopic (exact) mass is 361 g/mol. The van der Waals surface area contributed by atoms with Gasteiger partial charge in [0.25, 0.3) is 5.69 Å². The molecule has 1 N–H and O–H groups in total. The zero-order valence-electron chi connectivity index (χ0n) is 14.5. The Bertz CT molecular complexity index is 814. The summed E-state index contributed by atoms with van der Waals surface area (Å²) in [5, 5.41) is 21.5. The number of nitro benzene ring substituents is 1. The van der Waals surface area contributed by atoms with E-state index in [1.807, 2.05) is 27.7 Å². The minimum Gasteiger partial charge on any atom is -0.507 e. The van der Waals surface area contributed by atoms with Crippen LogP contribution in [0.5, 0.6) is 5.75 Å². The van der Waals surface area contributed by atoms with Gasteiger partial charge in [-0.1, -0.05) is 39.3 Å². The number of aromatic hydroxyl groups is 1. The summed E-state index contributed by atoms with van der Waals surface area (Å²) in [5.74, 6) is -0.0817. The Balaban J connectivity index is 2.60. The zero-order valence-corrected chi connectivity index (χ0v) is 15.3. The molecule has 0 aliphatic carbocycles. The van der Waals surface area contributed by atoms with Crippen LogP contribution in [0.3, 0.4) is 0 Å². The minimum atomic E-state index is -0.616. The van der Waals surface area contributed by atoms with E-state index in [1.54, 1.807) is 12.1 Å². The summed E-state index contributed by atoms with van der Waals surface area (Å²) in [5.41, 5.74) is 1.63. The van der Waals surface area contributed by atoms with E-state index < -0.39 is 4.92 Å². The van der Waals surface area contributed by atoms with Crippen molar-refractivity contribution in [2.75, 3.05) is 0 Å². The molecule has 0 radical (unpaired) electrons. The van der Waals surface area contributed by atoms with Crippen molar-refractivity contribution < 1.29 is 14.8 Å². The van der Waals surface area contributed by atoms with Crippen LogP contribution in [0.4, 0.5) is 5.69 Å². The molecule has 0 saturated heterocycles. The van der Waals surface area contributed by atoms with Crippen LogP contribution in [0.1, 0.15) is 66.6 Å². The zero-order chi connectivity index (χ0) is 18.9. The maximum atomic E-state index is 12.8. The highest BCUT2D eigenvalue weighted by molar-refractivity contribution is 6.32. The Hall–Kier alpha value is -2.40. The molecule has 5 nitrogen and oxygen atoms in total. The second kappa shape index (κ2) is 7.23. The van der Waals surface area contributed by atoms with E-state index in [0.717, 1.165) is 0 Å². The summed E-state index contributed by atoms with van der Waals surface area (Å²) in [7, 11) is 0. The standard InChI is InChI=1S/C19H20ClNO4/c1-10(2)14-7-13(8-15(11(3)4)19(14)23)18(22)12-5-6-16(20)17(9-12)21(24)25/h5-11,23H,1-4H3. The molecule has 0 fully saturated rings. The summed E-state index contributed by atoms with van der Waals surface area (Å²) >= 11 is 5.81. The van der Waals surface area contributed by atoms with E-state index >= 15 is 0 Å². The first-order valence-electron chi connectivity index (χ1n) is 7.98. The molecule has 0 atom stereocenters. The molecule has 0 aliphatic heterocycles. The Kier molecular flexibility index (Phi) is 5.48. The molecule has 2 rings (SSSR count). The Morgan fingerprint density at radius 1 is 1.04 bits per heavy atom. The molecule has 0 aliphatic rings.